The Bertz CT molecular complexity index is 1560. The summed E-state index contributed by atoms with van der Waals surface area (Å²) in [5.41, 5.74) is 1.04. The number of aliphatic hydroxyl groups is 1. The molecule has 0 spiro atoms. The van der Waals surface area contributed by atoms with Crippen LogP contribution in [0.1, 0.15) is 17.2 Å². The predicted octanol–water partition coefficient (Wildman–Crippen LogP) is 5.09. The van der Waals surface area contributed by atoms with Crippen LogP contribution in [-0.2, 0) is 9.59 Å². The van der Waals surface area contributed by atoms with Crippen molar-refractivity contribution in [2.45, 2.75) is 6.04 Å². The van der Waals surface area contributed by atoms with Crippen LogP contribution in [0.5, 0.6) is 17.2 Å². The zero-order valence-electron chi connectivity index (χ0n) is 20.0. The van der Waals surface area contributed by atoms with E-state index in [-0.39, 0.29) is 16.5 Å². The maximum absolute atomic E-state index is 13.9. The van der Waals surface area contributed by atoms with Gasteiger partial charge in [-0.25, -0.2) is 9.37 Å². The number of ether oxygens (including phenoxy) is 3. The summed E-state index contributed by atoms with van der Waals surface area (Å²) in [5.74, 6) is -1.22. The van der Waals surface area contributed by atoms with Crippen LogP contribution in [0.4, 0.5) is 9.52 Å². The van der Waals surface area contributed by atoms with E-state index in [4.69, 9.17) is 14.2 Å². The first-order valence-corrected chi connectivity index (χ1v) is 11.9. The van der Waals surface area contributed by atoms with Gasteiger partial charge in [0.25, 0.3) is 5.78 Å². The molecule has 3 aromatic carbocycles. The summed E-state index contributed by atoms with van der Waals surface area (Å²) in [6, 6.07) is 14.4. The Kier molecular flexibility index (Phi) is 6.26. The third-order valence-corrected chi connectivity index (χ3v) is 7.10. The molecule has 1 atom stereocenters. The van der Waals surface area contributed by atoms with Crippen LogP contribution in [0.2, 0.25) is 0 Å². The minimum atomic E-state index is -1.10. The summed E-state index contributed by atoms with van der Waals surface area (Å²) in [5, 5.41) is 11.5. The highest BCUT2D eigenvalue weighted by atomic mass is 32.1. The predicted molar refractivity (Wildman–Crippen MR) is 137 cm³/mol. The number of Topliss-reactive ketones (excluding diaryl/α,β-unsaturated/α-hetero) is 1. The summed E-state index contributed by atoms with van der Waals surface area (Å²) in [6.45, 7) is 0. The Hall–Kier alpha value is -4.44. The van der Waals surface area contributed by atoms with Gasteiger partial charge in [0, 0.05) is 11.1 Å². The summed E-state index contributed by atoms with van der Waals surface area (Å²) < 4.78 is 30.5. The molecule has 188 valence electrons. The van der Waals surface area contributed by atoms with Crippen LogP contribution in [0.3, 0.4) is 0 Å². The van der Waals surface area contributed by atoms with Gasteiger partial charge >= 0.3 is 5.91 Å². The number of aliphatic hydroxyl groups excluding tert-OH is 1. The van der Waals surface area contributed by atoms with Crippen molar-refractivity contribution in [3.8, 4) is 17.2 Å². The largest absolute Gasteiger partial charge is 0.507 e. The lowest BCUT2D eigenvalue weighted by Gasteiger charge is -2.25. The zero-order chi connectivity index (χ0) is 26.3. The molecule has 0 radical (unpaired) electrons. The van der Waals surface area contributed by atoms with Crippen LogP contribution in [0, 0.1) is 5.82 Å². The number of benzene rings is 3. The third-order valence-electron chi connectivity index (χ3n) is 6.08. The first-order valence-electron chi connectivity index (χ1n) is 11.1. The topological polar surface area (TPSA) is 98.2 Å². The zero-order valence-corrected chi connectivity index (χ0v) is 20.8. The number of rotatable bonds is 6. The summed E-state index contributed by atoms with van der Waals surface area (Å²) in [4.78, 5) is 32.6. The number of nitrogens with zero attached hydrogens (tertiary/aromatic N) is 2. The molecule has 4 aromatic rings. The Morgan fingerprint density at radius 1 is 0.946 bits per heavy atom. The van der Waals surface area contributed by atoms with Gasteiger partial charge in [-0.3, -0.25) is 14.5 Å². The van der Waals surface area contributed by atoms with Crippen molar-refractivity contribution >= 4 is 44.1 Å². The summed E-state index contributed by atoms with van der Waals surface area (Å²) >= 11 is 1.06. The molecule has 37 heavy (non-hydrogen) atoms. The number of halogens is 1. The monoisotopic (exact) mass is 520 g/mol. The van der Waals surface area contributed by atoms with Gasteiger partial charge < -0.3 is 19.3 Å². The van der Waals surface area contributed by atoms with Gasteiger partial charge in [0.2, 0.25) is 0 Å². The van der Waals surface area contributed by atoms with E-state index in [0.29, 0.717) is 38.6 Å². The minimum Gasteiger partial charge on any atom is -0.507 e. The van der Waals surface area contributed by atoms with E-state index in [1.54, 1.807) is 42.5 Å². The normalized spacial score (nSPS) is 16.9. The Balaban J connectivity index is 1.77. The van der Waals surface area contributed by atoms with E-state index < -0.39 is 23.5 Å². The number of fused-ring (bicyclic) bond motifs is 1. The van der Waals surface area contributed by atoms with Crippen molar-refractivity contribution in [2.24, 2.45) is 0 Å². The molecule has 1 amide bonds. The molecular formula is C27H21FN2O6S. The fraction of sp³-hybridized carbons (Fsp3) is 0.148. The van der Waals surface area contributed by atoms with E-state index in [1.165, 1.54) is 44.4 Å². The molecular weight excluding hydrogens is 499 g/mol. The van der Waals surface area contributed by atoms with Gasteiger partial charge in [-0.2, -0.15) is 0 Å². The molecule has 1 N–H and O–H groups in total. The number of hydrogen-bond donors (Lipinski definition) is 1. The molecule has 2 heterocycles. The molecule has 5 rings (SSSR count). The van der Waals surface area contributed by atoms with Crippen molar-refractivity contribution in [1.82, 2.24) is 4.98 Å². The molecule has 1 saturated heterocycles. The molecule has 1 fully saturated rings. The maximum atomic E-state index is 13.9. The number of anilines is 1. The number of thiazole rings is 1. The average molecular weight is 521 g/mol. The van der Waals surface area contributed by atoms with Gasteiger partial charge in [-0.1, -0.05) is 11.3 Å². The van der Waals surface area contributed by atoms with Crippen molar-refractivity contribution in [1.29, 1.82) is 0 Å². The van der Waals surface area contributed by atoms with Gasteiger partial charge in [0.05, 0.1) is 37.1 Å². The number of methoxy groups -OCH3 is 3. The molecule has 1 aromatic heterocycles. The molecule has 0 aliphatic carbocycles. The quantitative estimate of drug-likeness (QED) is 0.215. The van der Waals surface area contributed by atoms with Gasteiger partial charge in [-0.15, -0.1) is 0 Å². The fourth-order valence-corrected chi connectivity index (χ4v) is 5.29. The number of hydrogen-bond acceptors (Lipinski definition) is 8. The lowest BCUT2D eigenvalue weighted by atomic mass is 9.94. The van der Waals surface area contributed by atoms with E-state index in [9.17, 15) is 19.1 Å². The smallest absolute Gasteiger partial charge is 0.301 e. The van der Waals surface area contributed by atoms with Gasteiger partial charge in [0.15, 0.2) is 5.13 Å². The van der Waals surface area contributed by atoms with E-state index in [0.717, 1.165) is 11.3 Å². The van der Waals surface area contributed by atoms with Gasteiger partial charge in [-0.05, 0) is 60.7 Å². The first-order chi connectivity index (χ1) is 17.9. The van der Waals surface area contributed by atoms with Crippen LogP contribution >= 0.6 is 11.3 Å². The lowest BCUT2D eigenvalue weighted by molar-refractivity contribution is -0.132. The van der Waals surface area contributed by atoms with Crippen LogP contribution in [0.25, 0.3) is 16.0 Å². The number of carbonyl (C=O) groups is 2. The van der Waals surface area contributed by atoms with E-state index in [1.807, 2.05) is 0 Å². The van der Waals surface area contributed by atoms with Crippen LogP contribution in [0.15, 0.2) is 66.2 Å². The van der Waals surface area contributed by atoms with E-state index in [2.05, 4.69) is 4.98 Å². The number of ketones is 1. The lowest BCUT2D eigenvalue weighted by Crippen LogP contribution is -2.29. The second-order valence-corrected chi connectivity index (χ2v) is 9.12. The maximum Gasteiger partial charge on any atom is 0.301 e. The van der Waals surface area contributed by atoms with Crippen molar-refractivity contribution in [3.63, 3.8) is 0 Å². The SMILES string of the molecule is COc1ccc(C(O)=C2C(=O)C(=O)N(c3nc4ccc(F)cc4s3)[C@H]2c2cc(OC)ccc2OC)cc1. The van der Waals surface area contributed by atoms with Crippen molar-refractivity contribution in [3.05, 3.63) is 83.2 Å². The highest BCUT2D eigenvalue weighted by Crippen LogP contribution is 2.47. The molecule has 0 unspecified atom stereocenters. The Morgan fingerprint density at radius 2 is 1.65 bits per heavy atom. The molecule has 1 aliphatic rings. The average Bonchev–Trinajstić information content (AvgIpc) is 3.45. The first kappa shape index (κ1) is 24.3. The second kappa shape index (κ2) is 9.55. The van der Waals surface area contributed by atoms with Gasteiger partial charge in [0.1, 0.15) is 34.9 Å². The molecule has 8 nitrogen and oxygen atoms in total. The molecule has 1 aliphatic heterocycles. The van der Waals surface area contributed by atoms with E-state index >= 15 is 0 Å². The Morgan fingerprint density at radius 3 is 2.32 bits per heavy atom. The molecule has 10 heteroatoms. The van der Waals surface area contributed by atoms with Crippen LogP contribution in [-0.4, -0.2) is 43.1 Å². The standard InChI is InChI=1S/C27H21FN2O6S/c1-34-16-7-4-14(5-8-16)24(31)22-23(18-13-17(35-2)9-11-20(18)36-3)30(26(33)25(22)32)27-29-19-10-6-15(28)12-21(19)37-27/h4-13,23,31H,1-3H3/t23-/m0/s1. The number of carbonyl (C=O) groups excluding carboxylic acids is 2. The second-order valence-electron chi connectivity index (χ2n) is 8.11. The summed E-state index contributed by atoms with van der Waals surface area (Å²) in [7, 11) is 4.46. The third kappa shape index (κ3) is 4.15. The fourth-order valence-electron chi connectivity index (χ4n) is 4.27. The minimum absolute atomic E-state index is 0.146. The van der Waals surface area contributed by atoms with Crippen molar-refractivity contribution in [2.75, 3.05) is 26.2 Å². The van der Waals surface area contributed by atoms with Crippen molar-refractivity contribution < 1.29 is 33.3 Å². The molecule has 0 saturated carbocycles. The highest BCUT2D eigenvalue weighted by Gasteiger charge is 2.49. The Labute approximate surface area is 215 Å². The highest BCUT2D eigenvalue weighted by molar-refractivity contribution is 7.22. The number of amides is 1. The summed E-state index contributed by atoms with van der Waals surface area (Å²) in [6.07, 6.45) is 0. The van der Waals surface area contributed by atoms with Crippen LogP contribution < -0.4 is 19.1 Å². The number of aromatic nitrogens is 1. The molecule has 0 bridgehead atoms.